The van der Waals surface area contributed by atoms with Crippen LogP contribution in [0.1, 0.15) is 20.8 Å². The molecule has 0 amide bonds. The lowest BCUT2D eigenvalue weighted by atomic mass is 10.3. The van der Waals surface area contributed by atoms with Crippen LogP contribution < -0.4 is 0 Å². The lowest BCUT2D eigenvalue weighted by molar-refractivity contribution is 0.326. The van der Waals surface area contributed by atoms with Gasteiger partial charge in [-0.3, -0.25) is 0 Å². The summed E-state index contributed by atoms with van der Waals surface area (Å²) in [4.78, 5) is 9.06. The monoisotopic (exact) mass is 150 g/mol. The Labute approximate surface area is 58.1 Å². The van der Waals surface area contributed by atoms with Gasteiger partial charge in [0, 0.05) is 6.16 Å². The summed E-state index contributed by atoms with van der Waals surface area (Å²) in [5, 5.41) is 0. The maximum absolute atomic E-state index is 9.06. The quantitative estimate of drug-likeness (QED) is 0.621. The van der Waals surface area contributed by atoms with Crippen molar-refractivity contribution >= 4 is 8.38 Å². The zero-order chi connectivity index (χ0) is 7.28. The standard InChI is InChI=1S/C6H15O2P/c1-4-8-9(7)5-6(2)3/h6-7H,4-5H2,1-3H3. The Morgan fingerprint density at radius 2 is 2.11 bits per heavy atom. The first-order valence-electron chi connectivity index (χ1n) is 3.26. The van der Waals surface area contributed by atoms with E-state index in [0.29, 0.717) is 12.5 Å². The molecule has 0 aromatic heterocycles. The second-order valence-electron chi connectivity index (χ2n) is 2.35. The highest BCUT2D eigenvalue weighted by atomic mass is 31.2. The minimum absolute atomic E-state index is 0.535. The van der Waals surface area contributed by atoms with Gasteiger partial charge in [0.1, 0.15) is 0 Å². The van der Waals surface area contributed by atoms with Crippen molar-refractivity contribution in [3.05, 3.63) is 0 Å². The van der Waals surface area contributed by atoms with E-state index < -0.39 is 8.38 Å². The highest BCUT2D eigenvalue weighted by Crippen LogP contribution is 2.32. The second kappa shape index (κ2) is 5.16. The summed E-state index contributed by atoms with van der Waals surface area (Å²) in [6, 6.07) is 0. The summed E-state index contributed by atoms with van der Waals surface area (Å²) < 4.78 is 4.97. The molecular formula is C6H15O2P. The Morgan fingerprint density at radius 1 is 1.56 bits per heavy atom. The average Bonchev–Trinajstić information content (AvgIpc) is 1.63. The van der Waals surface area contributed by atoms with Gasteiger partial charge in [0.2, 0.25) is 0 Å². The zero-order valence-corrected chi connectivity index (χ0v) is 7.19. The normalized spacial score (nSPS) is 14.3. The Kier molecular flexibility index (Phi) is 5.36. The topological polar surface area (TPSA) is 29.5 Å². The van der Waals surface area contributed by atoms with Crippen molar-refractivity contribution in [1.82, 2.24) is 0 Å². The lowest BCUT2D eigenvalue weighted by Gasteiger charge is -2.10. The average molecular weight is 150 g/mol. The predicted octanol–water partition coefficient (Wildman–Crippen LogP) is 1.98. The summed E-state index contributed by atoms with van der Waals surface area (Å²) in [6.45, 7) is 6.66. The largest absolute Gasteiger partial charge is 0.350 e. The van der Waals surface area contributed by atoms with Gasteiger partial charge in [0.25, 0.3) is 0 Å². The van der Waals surface area contributed by atoms with Crippen LogP contribution in [-0.2, 0) is 4.52 Å². The highest BCUT2D eigenvalue weighted by Gasteiger charge is 2.05. The summed E-state index contributed by atoms with van der Waals surface area (Å²) >= 11 is 0. The first-order valence-corrected chi connectivity index (χ1v) is 4.66. The summed E-state index contributed by atoms with van der Waals surface area (Å²) in [7, 11) is -1.12. The van der Waals surface area contributed by atoms with Crippen molar-refractivity contribution in [3.63, 3.8) is 0 Å². The van der Waals surface area contributed by atoms with Gasteiger partial charge in [-0.25, -0.2) is 0 Å². The Morgan fingerprint density at radius 3 is 2.44 bits per heavy atom. The molecule has 0 saturated heterocycles. The summed E-state index contributed by atoms with van der Waals surface area (Å²) in [6.07, 6.45) is 0.795. The van der Waals surface area contributed by atoms with Gasteiger partial charge in [-0.05, 0) is 12.8 Å². The van der Waals surface area contributed by atoms with E-state index in [0.717, 1.165) is 6.16 Å². The Balaban J connectivity index is 3.15. The van der Waals surface area contributed by atoms with Crippen LogP contribution in [-0.4, -0.2) is 17.7 Å². The molecule has 1 unspecified atom stereocenters. The van der Waals surface area contributed by atoms with Crippen LogP contribution in [0.4, 0.5) is 0 Å². The molecule has 0 aromatic carbocycles. The van der Waals surface area contributed by atoms with Gasteiger partial charge < -0.3 is 9.42 Å². The van der Waals surface area contributed by atoms with Crippen molar-refractivity contribution in [3.8, 4) is 0 Å². The molecule has 56 valence electrons. The van der Waals surface area contributed by atoms with Gasteiger partial charge >= 0.3 is 0 Å². The van der Waals surface area contributed by atoms with E-state index in [-0.39, 0.29) is 0 Å². The molecule has 0 aromatic rings. The molecule has 1 N–H and O–H groups in total. The lowest BCUT2D eigenvalue weighted by Crippen LogP contribution is -1.96. The third-order valence-corrected chi connectivity index (χ3v) is 2.40. The molecule has 0 bridgehead atoms. The van der Waals surface area contributed by atoms with Crippen LogP contribution in [0.25, 0.3) is 0 Å². The van der Waals surface area contributed by atoms with E-state index in [1.54, 1.807) is 0 Å². The Hall–Kier alpha value is 0.350. The Bertz CT molecular complexity index is 66.1. The van der Waals surface area contributed by atoms with Gasteiger partial charge in [0.15, 0.2) is 8.38 Å². The molecule has 0 saturated carbocycles. The fourth-order valence-electron chi connectivity index (χ4n) is 0.514. The van der Waals surface area contributed by atoms with E-state index in [1.807, 2.05) is 6.92 Å². The first-order chi connectivity index (χ1) is 4.16. The summed E-state index contributed by atoms with van der Waals surface area (Å²) in [5.41, 5.74) is 0. The van der Waals surface area contributed by atoms with Crippen LogP contribution in [0.15, 0.2) is 0 Å². The number of hydrogen-bond donors (Lipinski definition) is 1. The van der Waals surface area contributed by atoms with E-state index in [9.17, 15) is 0 Å². The molecular weight excluding hydrogens is 135 g/mol. The van der Waals surface area contributed by atoms with E-state index in [2.05, 4.69) is 13.8 Å². The zero-order valence-electron chi connectivity index (χ0n) is 6.29. The van der Waals surface area contributed by atoms with Crippen molar-refractivity contribution in [2.75, 3.05) is 12.8 Å². The molecule has 0 aliphatic carbocycles. The van der Waals surface area contributed by atoms with Crippen LogP contribution in [0.2, 0.25) is 0 Å². The SMILES string of the molecule is CCOP(O)CC(C)C. The van der Waals surface area contributed by atoms with E-state index in [1.165, 1.54) is 0 Å². The molecule has 0 aliphatic rings. The smallest absolute Gasteiger partial charge is 0.167 e. The molecule has 0 spiro atoms. The van der Waals surface area contributed by atoms with Crippen LogP contribution in [0.3, 0.4) is 0 Å². The predicted molar refractivity (Wildman–Crippen MR) is 40.5 cm³/mol. The van der Waals surface area contributed by atoms with Gasteiger partial charge in [-0.2, -0.15) is 0 Å². The first kappa shape index (κ1) is 9.35. The van der Waals surface area contributed by atoms with Crippen molar-refractivity contribution < 1.29 is 9.42 Å². The molecule has 0 heterocycles. The van der Waals surface area contributed by atoms with Crippen LogP contribution in [0.5, 0.6) is 0 Å². The van der Waals surface area contributed by atoms with Crippen LogP contribution in [0, 0.1) is 5.92 Å². The van der Waals surface area contributed by atoms with Crippen LogP contribution >= 0.6 is 8.38 Å². The molecule has 9 heavy (non-hydrogen) atoms. The summed E-state index contributed by atoms with van der Waals surface area (Å²) in [5.74, 6) is 0.535. The maximum Gasteiger partial charge on any atom is 0.167 e. The van der Waals surface area contributed by atoms with Crippen molar-refractivity contribution in [1.29, 1.82) is 0 Å². The van der Waals surface area contributed by atoms with Gasteiger partial charge in [-0.1, -0.05) is 13.8 Å². The minimum atomic E-state index is -1.12. The van der Waals surface area contributed by atoms with Crippen molar-refractivity contribution in [2.45, 2.75) is 20.8 Å². The van der Waals surface area contributed by atoms with Gasteiger partial charge in [0.05, 0.1) is 6.61 Å². The number of rotatable bonds is 4. The molecule has 0 aliphatic heterocycles. The molecule has 0 radical (unpaired) electrons. The minimum Gasteiger partial charge on any atom is -0.350 e. The maximum atomic E-state index is 9.06. The molecule has 1 atom stereocenters. The van der Waals surface area contributed by atoms with Gasteiger partial charge in [-0.15, -0.1) is 0 Å². The van der Waals surface area contributed by atoms with Crippen molar-refractivity contribution in [2.24, 2.45) is 5.92 Å². The third-order valence-electron chi connectivity index (χ3n) is 0.799. The second-order valence-corrected chi connectivity index (χ2v) is 3.67. The fourth-order valence-corrected chi connectivity index (χ4v) is 1.54. The molecule has 0 rings (SSSR count). The molecule has 2 nitrogen and oxygen atoms in total. The molecule has 0 fully saturated rings. The van der Waals surface area contributed by atoms with E-state index in [4.69, 9.17) is 9.42 Å². The highest BCUT2D eigenvalue weighted by molar-refractivity contribution is 7.46. The number of hydrogen-bond acceptors (Lipinski definition) is 2. The fraction of sp³-hybridized carbons (Fsp3) is 1.00. The third kappa shape index (κ3) is 6.23. The van der Waals surface area contributed by atoms with E-state index >= 15 is 0 Å². The molecule has 3 heteroatoms.